The van der Waals surface area contributed by atoms with Gasteiger partial charge in [0, 0.05) is 11.3 Å². The summed E-state index contributed by atoms with van der Waals surface area (Å²) in [5.41, 5.74) is -0.255. The number of aliphatic imine (C=N–C) groups is 1. The van der Waals surface area contributed by atoms with Crippen LogP contribution in [0.1, 0.15) is 38.8 Å². The van der Waals surface area contributed by atoms with E-state index in [1.165, 1.54) is 25.1 Å². The van der Waals surface area contributed by atoms with Gasteiger partial charge in [-0.1, -0.05) is 48.5 Å². The quantitative estimate of drug-likeness (QED) is 0.754. The zero-order valence-electron chi connectivity index (χ0n) is 17.7. The molecule has 0 aromatic heterocycles. The van der Waals surface area contributed by atoms with E-state index in [-0.39, 0.29) is 18.8 Å². The van der Waals surface area contributed by atoms with Gasteiger partial charge in [-0.25, -0.2) is 12.8 Å². The Kier molecular flexibility index (Phi) is 6.18. The Morgan fingerprint density at radius 2 is 1.73 bits per heavy atom. The number of benzene rings is 2. The number of ether oxygens (including phenoxy) is 1. The van der Waals surface area contributed by atoms with E-state index in [0.717, 1.165) is 5.56 Å². The van der Waals surface area contributed by atoms with Gasteiger partial charge in [0.15, 0.2) is 9.84 Å². The second-order valence-electron chi connectivity index (χ2n) is 8.30. The van der Waals surface area contributed by atoms with Crippen molar-refractivity contribution in [2.24, 2.45) is 4.99 Å². The first kappa shape index (κ1) is 22.6. The Bertz CT molecular complexity index is 1030. The molecule has 1 N–H and O–H groups in total. The van der Waals surface area contributed by atoms with Crippen molar-refractivity contribution in [3.63, 3.8) is 0 Å². The fourth-order valence-electron chi connectivity index (χ4n) is 4.05. The highest BCUT2D eigenvalue weighted by atomic mass is 32.2. The number of aliphatic hydroxyl groups excluding tert-OH is 1. The molecule has 1 aliphatic rings. The number of sulfone groups is 1. The van der Waals surface area contributed by atoms with Crippen LogP contribution in [0.5, 0.6) is 0 Å². The highest BCUT2D eigenvalue weighted by Crippen LogP contribution is 2.45. The molecule has 0 bridgehead atoms. The van der Waals surface area contributed by atoms with E-state index < -0.39 is 37.3 Å². The average Bonchev–Trinajstić information content (AvgIpc) is 2.67. The van der Waals surface area contributed by atoms with E-state index >= 15 is 0 Å². The van der Waals surface area contributed by atoms with Gasteiger partial charge in [0.2, 0.25) is 0 Å². The van der Waals surface area contributed by atoms with Crippen LogP contribution in [-0.2, 0) is 26.7 Å². The van der Waals surface area contributed by atoms with Crippen molar-refractivity contribution >= 4 is 15.5 Å². The Morgan fingerprint density at radius 3 is 2.33 bits per heavy atom. The van der Waals surface area contributed by atoms with Crippen LogP contribution in [0.25, 0.3) is 0 Å². The molecule has 3 rings (SSSR count). The van der Waals surface area contributed by atoms with Gasteiger partial charge in [-0.05, 0) is 39.3 Å². The van der Waals surface area contributed by atoms with Crippen LogP contribution in [0.3, 0.4) is 0 Å². The molecule has 0 aliphatic carbocycles. The highest BCUT2D eigenvalue weighted by molar-refractivity contribution is 7.94. The Labute approximate surface area is 177 Å². The monoisotopic (exact) mass is 433 g/mol. The summed E-state index contributed by atoms with van der Waals surface area (Å²) in [6, 6.07) is 15.4. The van der Waals surface area contributed by atoms with Crippen molar-refractivity contribution in [2.45, 2.75) is 55.9 Å². The molecule has 3 atom stereocenters. The summed E-state index contributed by atoms with van der Waals surface area (Å²) in [6.45, 7) is 6.18. The first-order chi connectivity index (χ1) is 14.0. The molecular weight excluding hydrogens is 405 g/mol. The summed E-state index contributed by atoms with van der Waals surface area (Å²) < 4.78 is 46.8. The predicted molar refractivity (Wildman–Crippen MR) is 116 cm³/mol. The molecule has 0 spiro atoms. The summed E-state index contributed by atoms with van der Waals surface area (Å²) in [7, 11) is -3.95. The van der Waals surface area contributed by atoms with E-state index in [9.17, 15) is 17.9 Å². The molecule has 0 fully saturated rings. The fourth-order valence-corrected chi connectivity index (χ4v) is 6.42. The standard InChI is InChI=1S/C23H28FNO4S/c1-16(26)21-23(19-12-8-9-13-20(19)24,15-29-14-18-10-6-5-7-11-18)25-17(2)22(3,4)30(21,27)28/h5-13,16,21,26H,14-15H2,1-4H3/t16?,21?,23-/m1/s1. The molecule has 2 unspecified atom stereocenters. The molecule has 0 saturated heterocycles. The normalized spacial score (nSPS) is 26.1. The smallest absolute Gasteiger partial charge is 0.169 e. The Morgan fingerprint density at radius 1 is 1.13 bits per heavy atom. The zero-order chi connectivity index (χ0) is 22.2. The van der Waals surface area contributed by atoms with Gasteiger partial charge in [0.05, 0.1) is 19.3 Å². The summed E-state index contributed by atoms with van der Waals surface area (Å²) in [6.07, 6.45) is -1.29. The molecular formula is C23H28FNO4S. The van der Waals surface area contributed by atoms with E-state index in [2.05, 4.69) is 0 Å². The van der Waals surface area contributed by atoms with Crippen molar-refractivity contribution < 1.29 is 22.7 Å². The van der Waals surface area contributed by atoms with Crippen molar-refractivity contribution in [1.29, 1.82) is 0 Å². The lowest BCUT2D eigenvalue weighted by Crippen LogP contribution is -2.63. The Balaban J connectivity index is 2.17. The van der Waals surface area contributed by atoms with Gasteiger partial charge in [-0.2, -0.15) is 0 Å². The minimum Gasteiger partial charge on any atom is -0.392 e. The van der Waals surface area contributed by atoms with E-state index in [4.69, 9.17) is 9.73 Å². The number of hydrogen-bond acceptors (Lipinski definition) is 5. The minimum atomic E-state index is -3.95. The molecule has 7 heteroatoms. The second kappa shape index (κ2) is 8.21. The molecule has 2 aromatic carbocycles. The van der Waals surface area contributed by atoms with E-state index in [1.807, 2.05) is 30.3 Å². The molecule has 2 aromatic rings. The molecule has 1 aliphatic heterocycles. The summed E-state index contributed by atoms with van der Waals surface area (Å²) >= 11 is 0. The SMILES string of the molecule is CC1=N[C@](COCc2ccccc2)(c2ccccc2F)C(C(C)O)S(=O)(=O)C1(C)C. The van der Waals surface area contributed by atoms with Crippen LogP contribution in [0, 0.1) is 5.82 Å². The van der Waals surface area contributed by atoms with Gasteiger partial charge in [0.1, 0.15) is 21.4 Å². The first-order valence-corrected chi connectivity index (χ1v) is 11.4. The predicted octanol–water partition coefficient (Wildman–Crippen LogP) is 3.66. The largest absolute Gasteiger partial charge is 0.392 e. The number of halogens is 1. The number of rotatable bonds is 6. The lowest BCUT2D eigenvalue weighted by atomic mass is 9.83. The third kappa shape index (κ3) is 3.70. The van der Waals surface area contributed by atoms with Crippen molar-refractivity contribution in [1.82, 2.24) is 0 Å². The van der Waals surface area contributed by atoms with Gasteiger partial charge in [0.25, 0.3) is 0 Å². The highest BCUT2D eigenvalue weighted by Gasteiger charge is 2.60. The van der Waals surface area contributed by atoms with Crippen molar-refractivity contribution in [2.75, 3.05) is 6.61 Å². The second-order valence-corrected chi connectivity index (χ2v) is 10.9. The average molecular weight is 434 g/mol. The van der Waals surface area contributed by atoms with Crippen LogP contribution < -0.4 is 0 Å². The lowest BCUT2D eigenvalue weighted by molar-refractivity contribution is 0.0466. The fraction of sp³-hybridized carbons (Fsp3) is 0.435. The molecule has 162 valence electrons. The summed E-state index contributed by atoms with van der Waals surface area (Å²) in [4.78, 5) is 4.74. The summed E-state index contributed by atoms with van der Waals surface area (Å²) in [5.74, 6) is -0.585. The number of aliphatic hydroxyl groups is 1. The van der Waals surface area contributed by atoms with Crippen LogP contribution >= 0.6 is 0 Å². The number of hydrogen-bond donors (Lipinski definition) is 1. The third-order valence-corrected chi connectivity index (χ3v) is 9.14. The maximum atomic E-state index is 15.0. The minimum absolute atomic E-state index is 0.0994. The molecule has 0 radical (unpaired) electrons. The van der Waals surface area contributed by atoms with E-state index in [0.29, 0.717) is 5.71 Å². The topological polar surface area (TPSA) is 76.0 Å². The van der Waals surface area contributed by atoms with Crippen molar-refractivity contribution in [3.05, 3.63) is 71.5 Å². The lowest BCUT2D eigenvalue weighted by Gasteiger charge is -2.47. The molecule has 5 nitrogen and oxygen atoms in total. The molecule has 0 saturated carbocycles. The molecule has 1 heterocycles. The first-order valence-electron chi connectivity index (χ1n) is 9.89. The van der Waals surface area contributed by atoms with Gasteiger partial charge in [-0.15, -0.1) is 0 Å². The Hall–Kier alpha value is -2.09. The van der Waals surface area contributed by atoms with Gasteiger partial charge >= 0.3 is 0 Å². The van der Waals surface area contributed by atoms with E-state index in [1.54, 1.807) is 26.8 Å². The maximum Gasteiger partial charge on any atom is 0.169 e. The van der Waals surface area contributed by atoms with Crippen LogP contribution in [0.15, 0.2) is 59.6 Å². The maximum absolute atomic E-state index is 15.0. The summed E-state index contributed by atoms with van der Waals surface area (Å²) in [5, 5.41) is 9.24. The van der Waals surface area contributed by atoms with Crippen LogP contribution in [0.4, 0.5) is 4.39 Å². The van der Waals surface area contributed by atoms with Crippen molar-refractivity contribution in [3.8, 4) is 0 Å². The third-order valence-electron chi connectivity index (χ3n) is 5.97. The van der Waals surface area contributed by atoms with Crippen LogP contribution in [-0.4, -0.2) is 41.9 Å². The van der Waals surface area contributed by atoms with Gasteiger partial charge in [-0.3, -0.25) is 4.99 Å². The molecule has 30 heavy (non-hydrogen) atoms. The van der Waals surface area contributed by atoms with Gasteiger partial charge < -0.3 is 9.84 Å². The number of nitrogens with zero attached hydrogens (tertiary/aromatic N) is 1. The molecule has 0 amide bonds. The zero-order valence-corrected chi connectivity index (χ0v) is 18.5. The van der Waals surface area contributed by atoms with Crippen LogP contribution in [0.2, 0.25) is 0 Å².